The zero-order valence-electron chi connectivity index (χ0n) is 13.7. The summed E-state index contributed by atoms with van der Waals surface area (Å²) in [6.45, 7) is 0.239. The monoisotopic (exact) mass is 441 g/mol. The topological polar surface area (TPSA) is 118 Å². The fourth-order valence-electron chi connectivity index (χ4n) is 2.15. The third kappa shape index (κ3) is 5.53. The molecule has 0 bridgehead atoms. The molecule has 0 saturated carbocycles. The number of nitro benzene ring substituents is 1. The van der Waals surface area contributed by atoms with E-state index < -0.39 is 20.4 Å². The molecule has 0 aromatic heterocycles. The fraction of sp³-hybridized carbons (Fsp3) is 0.188. The Bertz CT molecular complexity index is 929. The molecule has 0 spiro atoms. The van der Waals surface area contributed by atoms with Crippen LogP contribution < -0.4 is 10.6 Å². The molecule has 2 rings (SSSR count). The minimum atomic E-state index is -3.75. The molecular weight excluding hydrogens is 426 g/mol. The number of rotatable bonds is 7. The van der Waals surface area contributed by atoms with E-state index in [0.29, 0.717) is 11.4 Å². The number of carbonyl (C=O) groups is 1. The van der Waals surface area contributed by atoms with Gasteiger partial charge in [0, 0.05) is 41.1 Å². The predicted molar refractivity (Wildman–Crippen MR) is 102 cm³/mol. The maximum absolute atomic E-state index is 11.9. The van der Waals surface area contributed by atoms with Gasteiger partial charge in [0.25, 0.3) is 5.69 Å². The second-order valence-corrected chi connectivity index (χ2v) is 8.34. The van der Waals surface area contributed by atoms with Crippen molar-refractivity contribution in [2.24, 2.45) is 0 Å². The molecule has 8 nitrogen and oxygen atoms in total. The van der Waals surface area contributed by atoms with Crippen LogP contribution in [0.5, 0.6) is 0 Å². The highest BCUT2D eigenvalue weighted by Gasteiger charge is 2.22. The number of sulfone groups is 1. The number of hydrogen-bond acceptors (Lipinski definition) is 6. The van der Waals surface area contributed by atoms with E-state index in [9.17, 15) is 23.3 Å². The van der Waals surface area contributed by atoms with E-state index in [-0.39, 0.29) is 23.8 Å². The maximum Gasteiger partial charge on any atom is 0.288 e. The van der Waals surface area contributed by atoms with Crippen molar-refractivity contribution in [3.8, 4) is 0 Å². The number of hydrogen-bond donors (Lipinski definition) is 2. The minimum absolute atomic E-state index is 0.140. The number of carbonyl (C=O) groups excluding carboxylic acids is 1. The van der Waals surface area contributed by atoms with Gasteiger partial charge in [0.05, 0.1) is 4.92 Å². The first kappa shape index (κ1) is 19.9. The van der Waals surface area contributed by atoms with E-state index in [4.69, 9.17) is 0 Å². The minimum Gasteiger partial charge on any atom is -0.384 e. The van der Waals surface area contributed by atoms with Crippen LogP contribution in [-0.2, 0) is 14.6 Å². The molecule has 1 amide bonds. The summed E-state index contributed by atoms with van der Waals surface area (Å²) in [4.78, 5) is 21.7. The second-order valence-electron chi connectivity index (χ2n) is 5.44. The number of benzene rings is 2. The molecule has 0 heterocycles. The molecule has 26 heavy (non-hydrogen) atoms. The van der Waals surface area contributed by atoms with Gasteiger partial charge >= 0.3 is 0 Å². The first-order valence-corrected chi connectivity index (χ1v) is 10.1. The van der Waals surface area contributed by atoms with Crippen molar-refractivity contribution in [2.75, 3.05) is 23.4 Å². The van der Waals surface area contributed by atoms with Gasteiger partial charge in [0.15, 0.2) is 9.84 Å². The average molecular weight is 442 g/mol. The lowest BCUT2D eigenvalue weighted by Gasteiger charge is -2.09. The summed E-state index contributed by atoms with van der Waals surface area (Å²) >= 11 is 3.31. The molecular formula is C16H16BrN3O5S. The van der Waals surface area contributed by atoms with Crippen molar-refractivity contribution < 1.29 is 18.1 Å². The number of anilines is 2. The summed E-state index contributed by atoms with van der Waals surface area (Å²) in [7, 11) is -3.75. The van der Waals surface area contributed by atoms with Crippen molar-refractivity contribution in [3.05, 3.63) is 57.1 Å². The van der Waals surface area contributed by atoms with Crippen LogP contribution in [0.25, 0.3) is 0 Å². The molecule has 138 valence electrons. The summed E-state index contributed by atoms with van der Waals surface area (Å²) in [6, 6.07) is 10.8. The summed E-state index contributed by atoms with van der Waals surface area (Å²) in [5.74, 6) is -0.218. The fourth-order valence-corrected chi connectivity index (χ4v) is 3.28. The Morgan fingerprint density at radius 2 is 1.77 bits per heavy atom. The largest absolute Gasteiger partial charge is 0.384 e. The van der Waals surface area contributed by atoms with Gasteiger partial charge in [0.1, 0.15) is 4.90 Å². The molecule has 0 fully saturated rings. The van der Waals surface area contributed by atoms with Crippen LogP contribution in [0.4, 0.5) is 17.1 Å². The summed E-state index contributed by atoms with van der Waals surface area (Å²) in [6.07, 6.45) is 1.05. The number of nitrogens with one attached hydrogen (secondary N) is 2. The molecule has 2 aromatic carbocycles. The molecule has 0 atom stereocenters. The predicted octanol–water partition coefficient (Wildman–Crippen LogP) is 3.20. The van der Waals surface area contributed by atoms with Crippen molar-refractivity contribution in [2.45, 2.75) is 11.3 Å². The maximum atomic E-state index is 11.9. The molecule has 0 aliphatic heterocycles. The van der Waals surface area contributed by atoms with Crippen molar-refractivity contribution in [1.82, 2.24) is 0 Å². The zero-order chi connectivity index (χ0) is 19.3. The van der Waals surface area contributed by atoms with Gasteiger partial charge in [-0.2, -0.15) is 0 Å². The average Bonchev–Trinajstić information content (AvgIpc) is 2.56. The van der Waals surface area contributed by atoms with Crippen LogP contribution in [-0.4, -0.2) is 32.0 Å². The number of nitro groups is 1. The van der Waals surface area contributed by atoms with E-state index >= 15 is 0 Å². The van der Waals surface area contributed by atoms with E-state index in [1.165, 1.54) is 12.1 Å². The Morgan fingerprint density at radius 3 is 2.35 bits per heavy atom. The molecule has 10 heteroatoms. The van der Waals surface area contributed by atoms with Crippen molar-refractivity contribution in [1.29, 1.82) is 0 Å². The molecule has 0 saturated heterocycles. The van der Waals surface area contributed by atoms with Crippen LogP contribution in [0.3, 0.4) is 0 Å². The number of amides is 1. The molecule has 2 N–H and O–H groups in total. The smallest absolute Gasteiger partial charge is 0.288 e. The van der Waals surface area contributed by atoms with E-state index in [2.05, 4.69) is 26.6 Å². The van der Waals surface area contributed by atoms with E-state index in [1.54, 1.807) is 24.3 Å². The highest BCUT2D eigenvalue weighted by Crippen LogP contribution is 2.27. The van der Waals surface area contributed by atoms with E-state index in [1.807, 2.05) is 0 Å². The molecule has 0 unspecified atom stereocenters. The van der Waals surface area contributed by atoms with Gasteiger partial charge in [0.2, 0.25) is 5.91 Å². The SMILES string of the molecule is CS(=O)(=O)c1cc(NCCC(=O)Nc2ccc(Br)cc2)ccc1[N+](=O)[O-]. The lowest BCUT2D eigenvalue weighted by atomic mass is 10.2. The molecule has 0 aliphatic carbocycles. The van der Waals surface area contributed by atoms with Crippen molar-refractivity contribution in [3.63, 3.8) is 0 Å². The van der Waals surface area contributed by atoms with Gasteiger partial charge < -0.3 is 10.6 Å². The lowest BCUT2D eigenvalue weighted by molar-refractivity contribution is -0.387. The van der Waals surface area contributed by atoms with Crippen molar-refractivity contribution >= 4 is 48.7 Å². The Balaban J connectivity index is 1.98. The van der Waals surface area contributed by atoms with Crippen LogP contribution in [0.2, 0.25) is 0 Å². The standard InChI is InChI=1S/C16H16BrN3O5S/c1-26(24,25)15-10-13(6-7-14(15)20(22)23)18-9-8-16(21)19-12-4-2-11(17)3-5-12/h2-7,10,18H,8-9H2,1H3,(H,19,21). The third-order valence-corrected chi connectivity index (χ3v) is 5.02. The second kappa shape index (κ2) is 8.28. The van der Waals surface area contributed by atoms with Gasteiger partial charge in [-0.1, -0.05) is 15.9 Å². The van der Waals surface area contributed by atoms with Crippen LogP contribution in [0.15, 0.2) is 51.8 Å². The van der Waals surface area contributed by atoms with Crippen LogP contribution in [0, 0.1) is 10.1 Å². The number of nitrogens with zero attached hydrogens (tertiary/aromatic N) is 1. The highest BCUT2D eigenvalue weighted by atomic mass is 79.9. The first-order valence-electron chi connectivity index (χ1n) is 7.44. The Morgan fingerprint density at radius 1 is 1.15 bits per heavy atom. The summed E-state index contributed by atoms with van der Waals surface area (Å²) in [5, 5.41) is 16.6. The molecule has 2 aromatic rings. The van der Waals surface area contributed by atoms with Gasteiger partial charge in [-0.25, -0.2) is 8.42 Å². The lowest BCUT2D eigenvalue weighted by Crippen LogP contribution is -2.16. The third-order valence-electron chi connectivity index (χ3n) is 3.37. The van der Waals surface area contributed by atoms with E-state index in [0.717, 1.165) is 16.8 Å². The van der Waals surface area contributed by atoms with Gasteiger partial charge in [-0.3, -0.25) is 14.9 Å². The quantitative estimate of drug-likeness (QED) is 0.502. The zero-order valence-corrected chi connectivity index (χ0v) is 16.1. The summed E-state index contributed by atoms with van der Waals surface area (Å²) < 4.78 is 24.3. The Hall–Kier alpha value is -2.46. The van der Waals surface area contributed by atoms with Gasteiger partial charge in [-0.15, -0.1) is 0 Å². The first-order chi connectivity index (χ1) is 12.2. The molecule has 0 radical (unpaired) electrons. The number of halogens is 1. The molecule has 0 aliphatic rings. The summed E-state index contributed by atoms with van der Waals surface area (Å²) in [5.41, 5.74) is 0.561. The van der Waals surface area contributed by atoms with Crippen LogP contribution >= 0.6 is 15.9 Å². The van der Waals surface area contributed by atoms with Gasteiger partial charge in [-0.05, 0) is 36.4 Å². The Labute approximate surface area is 158 Å². The Kier molecular flexibility index (Phi) is 6.32. The van der Waals surface area contributed by atoms with Crippen LogP contribution in [0.1, 0.15) is 6.42 Å². The highest BCUT2D eigenvalue weighted by molar-refractivity contribution is 9.10. The normalized spacial score (nSPS) is 11.0.